The Balaban J connectivity index is 3.89. The van der Waals surface area contributed by atoms with E-state index in [0.29, 0.717) is 23.9 Å². The number of carbonyl (C=O) groups is 1. The number of rotatable bonds is 74. The van der Waals surface area contributed by atoms with Crippen LogP contribution in [0.4, 0.5) is 0 Å². The predicted molar refractivity (Wildman–Crippen MR) is 397 cm³/mol. The van der Waals surface area contributed by atoms with Crippen molar-refractivity contribution in [2.45, 2.75) is 411 Å². The molecule has 0 aromatic rings. The Kier molecular flexibility index (Phi) is 70.1. The molecule has 0 radical (unpaired) electrons. The molecule has 0 fully saturated rings. The van der Waals surface area contributed by atoms with Crippen molar-refractivity contribution in [3.05, 3.63) is 60.8 Å². The quantitative estimate of drug-likeness (QED) is 0.0243. The van der Waals surface area contributed by atoms with Gasteiger partial charge in [-0.2, -0.15) is 0 Å². The van der Waals surface area contributed by atoms with E-state index in [1.165, 1.54) is 302 Å². The van der Waals surface area contributed by atoms with Crippen LogP contribution < -0.4 is 5.32 Å². The number of nitrogens with zero attached hydrogens (tertiary/aromatic N) is 1. The molecule has 0 aromatic heterocycles. The van der Waals surface area contributed by atoms with Gasteiger partial charge in [0.05, 0.1) is 39.9 Å². The fourth-order valence-corrected chi connectivity index (χ4v) is 12.9. The molecule has 0 bridgehead atoms. The summed E-state index contributed by atoms with van der Waals surface area (Å²) in [5, 5.41) is 14.2. The van der Waals surface area contributed by atoms with Crippen LogP contribution in [0.2, 0.25) is 0 Å². The lowest BCUT2D eigenvalue weighted by Crippen LogP contribution is -2.46. The van der Waals surface area contributed by atoms with Crippen molar-refractivity contribution in [2.75, 3.05) is 40.9 Å². The third-order valence-corrected chi connectivity index (χ3v) is 19.3. The molecule has 0 spiro atoms. The molecule has 3 atom stereocenters. The highest BCUT2D eigenvalue weighted by Crippen LogP contribution is 2.43. The first-order valence-corrected chi connectivity index (χ1v) is 41.1. The number of carbonyl (C=O) groups excluding carboxylic acids is 1. The zero-order chi connectivity index (χ0) is 65.5. The minimum Gasteiger partial charge on any atom is -0.391 e. The second kappa shape index (κ2) is 71.5. The number of phosphoric acid groups is 1. The Morgan fingerprint density at radius 1 is 0.389 bits per heavy atom. The first kappa shape index (κ1) is 88.2. The van der Waals surface area contributed by atoms with Crippen LogP contribution in [0.15, 0.2) is 60.8 Å². The van der Waals surface area contributed by atoms with Gasteiger partial charge in [0.25, 0.3) is 0 Å². The van der Waals surface area contributed by atoms with Crippen LogP contribution in [0.5, 0.6) is 0 Å². The lowest BCUT2D eigenvalue weighted by Gasteiger charge is -2.26. The van der Waals surface area contributed by atoms with Gasteiger partial charge in [-0.25, -0.2) is 4.57 Å². The van der Waals surface area contributed by atoms with E-state index < -0.39 is 20.0 Å². The molecule has 0 aliphatic carbocycles. The average molecular weight is 1290 g/mol. The molecule has 0 aromatic carbocycles. The standard InChI is InChI=1S/C81H155N2O6P/c1-6-8-10-12-14-16-18-20-22-24-26-28-30-32-34-35-36-37-38-39-40-41-42-43-44-45-46-47-49-51-53-55-57-59-61-63-65-67-69-71-73-75-81(85)82-79(78-89-90(86,87)88-77-76-83(3,4)5)80(84)74-72-70-68-66-64-62-60-58-56-54-52-50-48-33-31-29-27-25-23-21-19-17-15-13-11-9-7-2/h8,10,14,16,20,22,26,28,32,34,79-80,84H,6-7,9,11-13,15,17-19,21,23-25,27,29-31,33,35-78H2,1-5H3,(H-,82,85,86,87)/p+1/b10-8-,16-14-,22-20-,28-26-,34-32-. The zero-order valence-corrected chi connectivity index (χ0v) is 61.8. The molecule has 0 aliphatic heterocycles. The molecule has 3 N–H and O–H groups in total. The number of quaternary nitrogens is 1. The second-order valence-electron chi connectivity index (χ2n) is 28.4. The van der Waals surface area contributed by atoms with E-state index in [1.807, 2.05) is 21.1 Å². The number of aliphatic hydroxyl groups excluding tert-OH is 1. The normalized spacial score (nSPS) is 13.8. The van der Waals surface area contributed by atoms with Gasteiger partial charge in [0, 0.05) is 6.42 Å². The molecule has 8 nitrogen and oxygen atoms in total. The Labute approximate surface area is 562 Å². The Morgan fingerprint density at radius 2 is 0.667 bits per heavy atom. The van der Waals surface area contributed by atoms with Crippen molar-refractivity contribution in [3.8, 4) is 0 Å². The van der Waals surface area contributed by atoms with Gasteiger partial charge in [-0.3, -0.25) is 13.8 Å². The molecule has 0 saturated carbocycles. The summed E-state index contributed by atoms with van der Waals surface area (Å²) in [7, 11) is 1.64. The molecule has 0 saturated heterocycles. The molecule has 9 heteroatoms. The molecule has 1 amide bonds. The molecular formula is C81H156N2O6P+. The van der Waals surface area contributed by atoms with Gasteiger partial charge in [-0.15, -0.1) is 0 Å². The van der Waals surface area contributed by atoms with Gasteiger partial charge < -0.3 is 19.8 Å². The maximum absolute atomic E-state index is 13.1. The number of aliphatic hydroxyl groups is 1. The maximum Gasteiger partial charge on any atom is 0.472 e. The van der Waals surface area contributed by atoms with Crippen LogP contribution in [-0.4, -0.2) is 73.4 Å². The van der Waals surface area contributed by atoms with Gasteiger partial charge in [0.1, 0.15) is 13.2 Å². The molecule has 3 unspecified atom stereocenters. The minimum absolute atomic E-state index is 0.0768. The van der Waals surface area contributed by atoms with Crippen LogP contribution in [0.1, 0.15) is 399 Å². The molecule has 530 valence electrons. The summed E-state index contributed by atoms with van der Waals surface area (Å²) in [5.41, 5.74) is 0. The molecule has 0 rings (SSSR count). The van der Waals surface area contributed by atoms with Crippen molar-refractivity contribution < 1.29 is 32.9 Å². The van der Waals surface area contributed by atoms with Crippen molar-refractivity contribution in [2.24, 2.45) is 0 Å². The SMILES string of the molecule is CC/C=C\C/C=C\C/C=C\C/C=C\C/C=C\CCCCCCCCCCCCCCCCCCCCCCCCCCCC(=O)NC(COP(=O)(O)OCC[N+](C)(C)C)C(O)CCCCCCCCCCCCCCCCCCCCCCCCCCCCC. The number of unbranched alkanes of at least 4 members (excludes halogenated alkanes) is 51. The van der Waals surface area contributed by atoms with Gasteiger partial charge in [0.15, 0.2) is 0 Å². The summed E-state index contributed by atoms with van der Waals surface area (Å²) in [6.45, 7) is 4.84. The molecule has 90 heavy (non-hydrogen) atoms. The molecular weight excluding hydrogens is 1130 g/mol. The summed E-state index contributed by atoms with van der Waals surface area (Å²) >= 11 is 0. The Morgan fingerprint density at radius 3 is 0.978 bits per heavy atom. The summed E-state index contributed by atoms with van der Waals surface area (Å²) in [5.74, 6) is -0.135. The number of allylic oxidation sites excluding steroid dienone is 10. The highest BCUT2D eigenvalue weighted by molar-refractivity contribution is 7.47. The van der Waals surface area contributed by atoms with Crippen LogP contribution in [0, 0.1) is 0 Å². The van der Waals surface area contributed by atoms with Gasteiger partial charge in [-0.05, 0) is 57.8 Å². The fraction of sp³-hybridized carbons (Fsp3) is 0.864. The van der Waals surface area contributed by atoms with Gasteiger partial charge >= 0.3 is 7.82 Å². The third-order valence-electron chi connectivity index (χ3n) is 18.3. The van der Waals surface area contributed by atoms with Crippen LogP contribution in [0.3, 0.4) is 0 Å². The monoisotopic (exact) mass is 1280 g/mol. The summed E-state index contributed by atoms with van der Waals surface area (Å²) < 4.78 is 24.0. The van der Waals surface area contributed by atoms with E-state index >= 15 is 0 Å². The maximum atomic E-state index is 13.1. The summed E-state index contributed by atoms with van der Waals surface area (Å²) in [6, 6.07) is -0.762. The predicted octanol–water partition coefficient (Wildman–Crippen LogP) is 25.9. The number of hydrogen-bond acceptors (Lipinski definition) is 5. The second-order valence-corrected chi connectivity index (χ2v) is 29.9. The van der Waals surface area contributed by atoms with Crippen LogP contribution >= 0.6 is 7.82 Å². The van der Waals surface area contributed by atoms with Gasteiger partial charge in [-0.1, -0.05) is 396 Å². The smallest absolute Gasteiger partial charge is 0.391 e. The van der Waals surface area contributed by atoms with E-state index in [4.69, 9.17) is 9.05 Å². The van der Waals surface area contributed by atoms with E-state index in [-0.39, 0.29) is 19.1 Å². The topological polar surface area (TPSA) is 105 Å². The minimum atomic E-state index is -4.33. The molecule has 0 aliphatic rings. The highest BCUT2D eigenvalue weighted by Gasteiger charge is 2.28. The number of hydrogen-bond donors (Lipinski definition) is 3. The number of nitrogens with one attached hydrogen (secondary N) is 1. The van der Waals surface area contributed by atoms with E-state index in [9.17, 15) is 19.4 Å². The average Bonchev–Trinajstić information content (AvgIpc) is 3.09. The summed E-state index contributed by atoms with van der Waals surface area (Å²) in [4.78, 5) is 23.5. The molecule has 0 heterocycles. The third kappa shape index (κ3) is 73.6. The van der Waals surface area contributed by atoms with E-state index in [0.717, 1.165) is 70.6 Å². The van der Waals surface area contributed by atoms with Crippen molar-refractivity contribution >= 4 is 13.7 Å². The first-order chi connectivity index (χ1) is 44.0. The number of likely N-dealkylation sites (N-methyl/N-ethyl adjacent to an activating group) is 1. The van der Waals surface area contributed by atoms with Crippen molar-refractivity contribution in [3.63, 3.8) is 0 Å². The number of amides is 1. The van der Waals surface area contributed by atoms with Gasteiger partial charge in [0.2, 0.25) is 5.91 Å². The fourth-order valence-electron chi connectivity index (χ4n) is 12.2. The summed E-state index contributed by atoms with van der Waals surface area (Å²) in [6.07, 6.45) is 99.4. The van der Waals surface area contributed by atoms with Crippen LogP contribution in [-0.2, 0) is 18.4 Å². The lowest BCUT2D eigenvalue weighted by molar-refractivity contribution is -0.870. The largest absolute Gasteiger partial charge is 0.472 e. The van der Waals surface area contributed by atoms with Crippen LogP contribution in [0.25, 0.3) is 0 Å². The van der Waals surface area contributed by atoms with E-state index in [2.05, 4.69) is 79.9 Å². The number of phosphoric ester groups is 1. The Bertz CT molecular complexity index is 1650. The zero-order valence-electron chi connectivity index (χ0n) is 60.9. The lowest BCUT2D eigenvalue weighted by atomic mass is 10.0. The van der Waals surface area contributed by atoms with Crippen molar-refractivity contribution in [1.29, 1.82) is 0 Å². The first-order valence-electron chi connectivity index (χ1n) is 39.7. The Hall–Kier alpha value is -1.80. The van der Waals surface area contributed by atoms with Crippen molar-refractivity contribution in [1.82, 2.24) is 5.32 Å². The highest BCUT2D eigenvalue weighted by atomic mass is 31.2. The van der Waals surface area contributed by atoms with E-state index in [1.54, 1.807) is 0 Å².